The standard InChI is InChI=1S/C21H23N3O3S/c1-17(25)20-4-2-5-21(14-20)28(26,27)24-11-3-10-23(12-13-24)16-19-8-6-18(15-22)7-9-19/h2,4-9,14H,3,10-13,16H2,1H3. The Kier molecular flexibility index (Phi) is 6.25. The molecule has 1 aliphatic rings. The topological polar surface area (TPSA) is 81.5 Å². The average molecular weight is 398 g/mol. The molecule has 0 saturated carbocycles. The van der Waals surface area contributed by atoms with E-state index in [2.05, 4.69) is 11.0 Å². The molecule has 0 N–H and O–H groups in total. The van der Waals surface area contributed by atoms with Gasteiger partial charge in [0.25, 0.3) is 0 Å². The van der Waals surface area contributed by atoms with Crippen molar-refractivity contribution in [2.24, 2.45) is 0 Å². The fourth-order valence-corrected chi connectivity index (χ4v) is 4.83. The van der Waals surface area contributed by atoms with Gasteiger partial charge in [0.15, 0.2) is 5.78 Å². The Balaban J connectivity index is 1.69. The molecule has 1 fully saturated rings. The van der Waals surface area contributed by atoms with Crippen molar-refractivity contribution in [3.63, 3.8) is 0 Å². The second kappa shape index (κ2) is 8.65. The van der Waals surface area contributed by atoms with E-state index in [1.807, 2.05) is 12.1 Å². The van der Waals surface area contributed by atoms with Crippen LogP contribution in [-0.2, 0) is 16.6 Å². The lowest BCUT2D eigenvalue weighted by Gasteiger charge is -2.22. The molecule has 1 heterocycles. The predicted octanol–water partition coefficient (Wildman–Crippen LogP) is 2.66. The monoisotopic (exact) mass is 397 g/mol. The molecule has 6 nitrogen and oxygen atoms in total. The first-order chi connectivity index (χ1) is 13.4. The van der Waals surface area contributed by atoms with Gasteiger partial charge in [-0.1, -0.05) is 24.3 Å². The highest BCUT2D eigenvalue weighted by atomic mass is 32.2. The molecule has 0 spiro atoms. The van der Waals surface area contributed by atoms with Crippen molar-refractivity contribution in [2.45, 2.75) is 24.8 Å². The third kappa shape index (κ3) is 4.65. The number of ketones is 1. The Bertz CT molecular complexity index is 994. The van der Waals surface area contributed by atoms with Crippen LogP contribution >= 0.6 is 0 Å². The first-order valence-electron chi connectivity index (χ1n) is 9.23. The molecule has 0 amide bonds. The highest BCUT2D eigenvalue weighted by molar-refractivity contribution is 7.89. The summed E-state index contributed by atoms with van der Waals surface area (Å²) in [5.41, 5.74) is 2.13. The van der Waals surface area contributed by atoms with Gasteiger partial charge in [-0.05, 0) is 49.7 Å². The summed E-state index contributed by atoms with van der Waals surface area (Å²) in [4.78, 5) is 14.0. The van der Waals surface area contributed by atoms with Crippen molar-refractivity contribution in [3.05, 3.63) is 65.2 Å². The molecule has 146 valence electrons. The zero-order chi connectivity index (χ0) is 20.1. The van der Waals surface area contributed by atoms with Gasteiger partial charge < -0.3 is 0 Å². The van der Waals surface area contributed by atoms with Crippen molar-refractivity contribution in [3.8, 4) is 6.07 Å². The zero-order valence-electron chi connectivity index (χ0n) is 15.8. The Morgan fingerprint density at radius 3 is 2.50 bits per heavy atom. The van der Waals surface area contributed by atoms with Crippen LogP contribution < -0.4 is 0 Å². The average Bonchev–Trinajstić information content (AvgIpc) is 2.95. The van der Waals surface area contributed by atoms with Gasteiger partial charge in [-0.25, -0.2) is 8.42 Å². The Morgan fingerprint density at radius 1 is 1.07 bits per heavy atom. The van der Waals surface area contributed by atoms with Crippen LogP contribution in [0.4, 0.5) is 0 Å². The van der Waals surface area contributed by atoms with Crippen LogP contribution in [0.15, 0.2) is 53.4 Å². The molecule has 3 rings (SSSR count). The number of rotatable bonds is 5. The van der Waals surface area contributed by atoms with Gasteiger partial charge in [-0.3, -0.25) is 9.69 Å². The molecular weight excluding hydrogens is 374 g/mol. The number of benzene rings is 2. The minimum absolute atomic E-state index is 0.151. The molecule has 0 unspecified atom stereocenters. The molecule has 0 atom stereocenters. The molecule has 0 radical (unpaired) electrons. The molecule has 2 aromatic rings. The predicted molar refractivity (Wildman–Crippen MR) is 106 cm³/mol. The summed E-state index contributed by atoms with van der Waals surface area (Å²) >= 11 is 0. The third-order valence-electron chi connectivity index (χ3n) is 4.92. The lowest BCUT2D eigenvalue weighted by Crippen LogP contribution is -2.35. The number of carbonyl (C=O) groups excluding carboxylic acids is 1. The van der Waals surface area contributed by atoms with Crippen LogP contribution in [-0.4, -0.2) is 49.6 Å². The number of sulfonamides is 1. The van der Waals surface area contributed by atoms with E-state index in [-0.39, 0.29) is 10.7 Å². The molecule has 0 bridgehead atoms. The van der Waals surface area contributed by atoms with E-state index in [0.29, 0.717) is 30.8 Å². The van der Waals surface area contributed by atoms with E-state index < -0.39 is 10.0 Å². The zero-order valence-corrected chi connectivity index (χ0v) is 16.7. The molecule has 28 heavy (non-hydrogen) atoms. The lowest BCUT2D eigenvalue weighted by atomic mass is 10.1. The summed E-state index contributed by atoms with van der Waals surface area (Å²) in [6, 6.07) is 15.8. The van der Waals surface area contributed by atoms with E-state index in [1.165, 1.54) is 17.3 Å². The second-order valence-electron chi connectivity index (χ2n) is 6.93. The number of nitriles is 1. The quantitative estimate of drug-likeness (QED) is 0.725. The van der Waals surface area contributed by atoms with Gasteiger partial charge in [0.2, 0.25) is 10.0 Å². The fraction of sp³-hybridized carbons (Fsp3) is 0.333. The SMILES string of the molecule is CC(=O)c1cccc(S(=O)(=O)N2CCCN(Cc3ccc(C#N)cc3)CC2)c1. The van der Waals surface area contributed by atoms with Gasteiger partial charge >= 0.3 is 0 Å². The van der Waals surface area contributed by atoms with Crippen LogP contribution in [0.1, 0.15) is 34.8 Å². The summed E-state index contributed by atoms with van der Waals surface area (Å²) in [7, 11) is -3.63. The number of carbonyl (C=O) groups is 1. The maximum absolute atomic E-state index is 13.0. The summed E-state index contributed by atoms with van der Waals surface area (Å²) in [5, 5.41) is 8.89. The normalized spacial score (nSPS) is 16.3. The molecule has 1 saturated heterocycles. The van der Waals surface area contributed by atoms with Crippen LogP contribution in [0, 0.1) is 11.3 Å². The molecule has 1 aliphatic heterocycles. The highest BCUT2D eigenvalue weighted by Gasteiger charge is 2.27. The van der Waals surface area contributed by atoms with Crippen LogP contribution in [0.2, 0.25) is 0 Å². The molecular formula is C21H23N3O3S. The summed E-state index contributed by atoms with van der Waals surface area (Å²) < 4.78 is 27.5. The van der Waals surface area contributed by atoms with Gasteiger partial charge in [-0.2, -0.15) is 9.57 Å². The number of hydrogen-bond donors (Lipinski definition) is 0. The molecule has 7 heteroatoms. The lowest BCUT2D eigenvalue weighted by molar-refractivity contribution is 0.101. The summed E-state index contributed by atoms with van der Waals surface area (Å²) in [6.07, 6.45) is 0.738. The molecule has 2 aromatic carbocycles. The van der Waals surface area contributed by atoms with Crippen molar-refractivity contribution >= 4 is 15.8 Å². The largest absolute Gasteiger partial charge is 0.298 e. The Hall–Kier alpha value is -2.53. The molecule has 0 aromatic heterocycles. The van der Waals surface area contributed by atoms with Gasteiger partial charge in [0, 0.05) is 31.7 Å². The van der Waals surface area contributed by atoms with Crippen molar-refractivity contribution in [1.29, 1.82) is 5.26 Å². The number of nitrogens with zero attached hydrogens (tertiary/aromatic N) is 3. The van der Waals surface area contributed by atoms with Crippen molar-refractivity contribution in [2.75, 3.05) is 26.2 Å². The Morgan fingerprint density at radius 2 is 1.82 bits per heavy atom. The van der Waals surface area contributed by atoms with Crippen molar-refractivity contribution in [1.82, 2.24) is 9.21 Å². The van der Waals surface area contributed by atoms with Crippen molar-refractivity contribution < 1.29 is 13.2 Å². The third-order valence-corrected chi connectivity index (χ3v) is 6.81. The minimum Gasteiger partial charge on any atom is -0.298 e. The van der Waals surface area contributed by atoms with Crippen LogP contribution in [0.3, 0.4) is 0 Å². The fourth-order valence-electron chi connectivity index (χ4n) is 3.31. The van der Waals surface area contributed by atoms with Gasteiger partial charge in [0.05, 0.1) is 16.5 Å². The second-order valence-corrected chi connectivity index (χ2v) is 8.86. The Labute approximate surface area is 166 Å². The maximum atomic E-state index is 13.0. The smallest absolute Gasteiger partial charge is 0.243 e. The highest BCUT2D eigenvalue weighted by Crippen LogP contribution is 2.20. The number of hydrogen-bond acceptors (Lipinski definition) is 5. The van der Waals surface area contributed by atoms with Gasteiger partial charge in [0.1, 0.15) is 0 Å². The van der Waals surface area contributed by atoms with E-state index >= 15 is 0 Å². The van der Waals surface area contributed by atoms with E-state index in [1.54, 1.807) is 30.3 Å². The first-order valence-corrected chi connectivity index (χ1v) is 10.7. The first kappa shape index (κ1) is 20.2. The summed E-state index contributed by atoms with van der Waals surface area (Å²) in [5.74, 6) is -0.151. The van der Waals surface area contributed by atoms with Crippen LogP contribution in [0.5, 0.6) is 0 Å². The van der Waals surface area contributed by atoms with E-state index in [9.17, 15) is 13.2 Å². The van der Waals surface area contributed by atoms with Crippen LogP contribution in [0.25, 0.3) is 0 Å². The maximum Gasteiger partial charge on any atom is 0.243 e. The summed E-state index contributed by atoms with van der Waals surface area (Å²) in [6.45, 7) is 4.45. The van der Waals surface area contributed by atoms with E-state index in [4.69, 9.17) is 5.26 Å². The van der Waals surface area contributed by atoms with E-state index in [0.717, 1.165) is 25.1 Å². The number of Topliss-reactive ketones (excluding diaryl/α,β-unsaturated/α-hetero) is 1. The minimum atomic E-state index is -3.63. The van der Waals surface area contributed by atoms with Gasteiger partial charge in [-0.15, -0.1) is 0 Å². The molecule has 0 aliphatic carbocycles.